The molecule has 4 nitrogen and oxygen atoms in total. The second-order valence-electron chi connectivity index (χ2n) is 3.13. The second kappa shape index (κ2) is 4.37. The van der Waals surface area contributed by atoms with Gasteiger partial charge in [0.25, 0.3) is 0 Å². The summed E-state index contributed by atoms with van der Waals surface area (Å²) >= 11 is -1.78. The number of aromatic nitrogens is 2. The van der Waals surface area contributed by atoms with Crippen molar-refractivity contribution in [2.45, 2.75) is 5.75 Å². The average Bonchev–Trinajstić information content (AvgIpc) is 2.71. The van der Waals surface area contributed by atoms with Gasteiger partial charge in [-0.3, -0.25) is 5.10 Å². The summed E-state index contributed by atoms with van der Waals surface area (Å²) in [4.78, 5) is 0. The average molecular weight is 222 g/mol. The number of hydrogen-bond acceptors (Lipinski definition) is 2. The van der Waals surface area contributed by atoms with Crippen molar-refractivity contribution in [2.24, 2.45) is 0 Å². The number of aromatic amines is 1. The predicted molar refractivity (Wildman–Crippen MR) is 58.5 cm³/mol. The smallest absolute Gasteiger partial charge is 0.157 e. The van der Waals surface area contributed by atoms with Crippen LogP contribution in [0.1, 0.15) is 5.56 Å². The Bertz CT molecular complexity index is 451. The normalized spacial score (nSPS) is 12.6. The highest BCUT2D eigenvalue weighted by Crippen LogP contribution is 2.16. The monoisotopic (exact) mass is 222 g/mol. The first-order valence-corrected chi connectivity index (χ1v) is 5.69. The zero-order valence-electron chi connectivity index (χ0n) is 7.88. The van der Waals surface area contributed by atoms with Crippen molar-refractivity contribution in [3.8, 4) is 11.3 Å². The fourth-order valence-electron chi connectivity index (χ4n) is 1.34. The van der Waals surface area contributed by atoms with Crippen molar-refractivity contribution < 1.29 is 8.76 Å². The van der Waals surface area contributed by atoms with Crippen LogP contribution in [0.3, 0.4) is 0 Å². The van der Waals surface area contributed by atoms with E-state index < -0.39 is 11.1 Å². The standard InChI is InChI=1S/C10H10N2O2S/c13-15(14)7-8-1-3-9(4-2-8)10-5-6-11-12-10/h1-6H,7H2,(H,11,12)(H,13,14). The predicted octanol–water partition coefficient (Wildman–Crippen LogP) is 1.80. The molecule has 0 spiro atoms. The van der Waals surface area contributed by atoms with Crippen molar-refractivity contribution in [1.82, 2.24) is 10.2 Å². The van der Waals surface area contributed by atoms with Crippen LogP contribution in [0.5, 0.6) is 0 Å². The van der Waals surface area contributed by atoms with E-state index in [1.54, 1.807) is 6.20 Å². The summed E-state index contributed by atoms with van der Waals surface area (Å²) in [5.41, 5.74) is 2.80. The lowest BCUT2D eigenvalue weighted by Crippen LogP contribution is -1.92. The molecule has 2 aromatic rings. The van der Waals surface area contributed by atoms with Gasteiger partial charge < -0.3 is 4.55 Å². The Hall–Kier alpha value is -1.46. The molecule has 5 heteroatoms. The minimum atomic E-state index is -1.78. The fourth-order valence-corrected chi connectivity index (χ4v) is 1.82. The van der Waals surface area contributed by atoms with Crippen molar-refractivity contribution >= 4 is 11.1 Å². The van der Waals surface area contributed by atoms with E-state index in [0.717, 1.165) is 16.8 Å². The summed E-state index contributed by atoms with van der Waals surface area (Å²) in [6, 6.07) is 9.35. The molecule has 0 amide bonds. The summed E-state index contributed by atoms with van der Waals surface area (Å²) in [7, 11) is 0. The molecule has 1 aromatic heterocycles. The molecule has 1 unspecified atom stereocenters. The topological polar surface area (TPSA) is 66.0 Å². The maximum absolute atomic E-state index is 10.6. The first-order valence-electron chi connectivity index (χ1n) is 4.42. The van der Waals surface area contributed by atoms with E-state index in [1.807, 2.05) is 30.3 Å². The van der Waals surface area contributed by atoms with Gasteiger partial charge in [-0.15, -0.1) is 0 Å². The van der Waals surface area contributed by atoms with Crippen LogP contribution in [-0.4, -0.2) is 19.0 Å². The Morgan fingerprint density at radius 2 is 2.00 bits per heavy atom. The fraction of sp³-hybridized carbons (Fsp3) is 0.100. The van der Waals surface area contributed by atoms with Gasteiger partial charge in [0.1, 0.15) is 0 Å². The molecule has 0 aliphatic rings. The van der Waals surface area contributed by atoms with E-state index in [9.17, 15) is 4.21 Å². The molecular formula is C10H10N2O2S. The number of benzene rings is 1. The quantitative estimate of drug-likeness (QED) is 0.778. The molecule has 0 bridgehead atoms. The summed E-state index contributed by atoms with van der Waals surface area (Å²) in [5.74, 6) is 0.170. The highest BCUT2D eigenvalue weighted by Gasteiger charge is 2.00. The summed E-state index contributed by atoms with van der Waals surface area (Å²) in [6.07, 6.45) is 1.69. The highest BCUT2D eigenvalue weighted by molar-refractivity contribution is 7.78. The zero-order valence-corrected chi connectivity index (χ0v) is 8.70. The molecule has 0 fully saturated rings. The van der Waals surface area contributed by atoms with E-state index in [0.29, 0.717) is 0 Å². The Balaban J connectivity index is 2.21. The number of rotatable bonds is 3. The molecule has 0 saturated carbocycles. The van der Waals surface area contributed by atoms with Crippen molar-refractivity contribution in [3.05, 3.63) is 42.1 Å². The van der Waals surface area contributed by atoms with Crippen LogP contribution >= 0.6 is 0 Å². The number of nitrogens with one attached hydrogen (secondary N) is 1. The van der Waals surface area contributed by atoms with E-state index in [2.05, 4.69) is 10.2 Å². The van der Waals surface area contributed by atoms with Gasteiger partial charge in [0.2, 0.25) is 0 Å². The van der Waals surface area contributed by atoms with Gasteiger partial charge in [0.15, 0.2) is 11.1 Å². The molecule has 15 heavy (non-hydrogen) atoms. The van der Waals surface area contributed by atoms with Crippen molar-refractivity contribution in [1.29, 1.82) is 0 Å². The van der Waals surface area contributed by atoms with Crippen molar-refractivity contribution in [3.63, 3.8) is 0 Å². The van der Waals surface area contributed by atoms with Crippen LogP contribution in [-0.2, 0) is 16.8 Å². The van der Waals surface area contributed by atoms with E-state index in [1.165, 1.54) is 0 Å². The second-order valence-corrected chi connectivity index (χ2v) is 4.06. The van der Waals surface area contributed by atoms with Gasteiger partial charge in [0.05, 0.1) is 11.4 Å². The molecule has 0 aliphatic heterocycles. The highest BCUT2D eigenvalue weighted by atomic mass is 32.2. The third-order valence-corrected chi connectivity index (χ3v) is 2.64. The van der Waals surface area contributed by atoms with Crippen LogP contribution < -0.4 is 0 Å². The van der Waals surface area contributed by atoms with Crippen LogP contribution in [0.25, 0.3) is 11.3 Å². The first kappa shape index (κ1) is 10.1. The molecule has 0 radical (unpaired) electrons. The summed E-state index contributed by atoms with van der Waals surface area (Å²) < 4.78 is 19.3. The van der Waals surface area contributed by atoms with E-state index in [4.69, 9.17) is 4.55 Å². The largest absolute Gasteiger partial charge is 0.306 e. The Morgan fingerprint density at radius 3 is 2.53 bits per heavy atom. The van der Waals surface area contributed by atoms with Gasteiger partial charge >= 0.3 is 0 Å². The number of H-pyrrole nitrogens is 1. The third-order valence-electron chi connectivity index (χ3n) is 2.06. The maximum Gasteiger partial charge on any atom is 0.157 e. The lowest BCUT2D eigenvalue weighted by atomic mass is 10.1. The van der Waals surface area contributed by atoms with Crippen LogP contribution in [0.4, 0.5) is 0 Å². The third kappa shape index (κ3) is 2.51. The van der Waals surface area contributed by atoms with Gasteiger partial charge in [-0.1, -0.05) is 24.3 Å². The Labute approximate surface area is 89.6 Å². The first-order chi connectivity index (χ1) is 7.25. The van der Waals surface area contributed by atoms with Gasteiger partial charge in [-0.25, -0.2) is 4.21 Å². The Kier molecular flexibility index (Phi) is 2.94. The van der Waals surface area contributed by atoms with E-state index in [-0.39, 0.29) is 5.75 Å². The molecular weight excluding hydrogens is 212 g/mol. The van der Waals surface area contributed by atoms with Crippen molar-refractivity contribution in [2.75, 3.05) is 0 Å². The summed E-state index contributed by atoms with van der Waals surface area (Å²) in [5, 5.41) is 6.71. The van der Waals surface area contributed by atoms with Crippen LogP contribution in [0.2, 0.25) is 0 Å². The minimum Gasteiger partial charge on any atom is -0.306 e. The van der Waals surface area contributed by atoms with Crippen LogP contribution in [0.15, 0.2) is 36.5 Å². The summed E-state index contributed by atoms with van der Waals surface area (Å²) in [6.45, 7) is 0. The molecule has 78 valence electrons. The molecule has 1 heterocycles. The molecule has 2 rings (SSSR count). The van der Waals surface area contributed by atoms with Crippen LogP contribution in [0, 0.1) is 0 Å². The zero-order chi connectivity index (χ0) is 10.7. The number of hydrogen-bond donors (Lipinski definition) is 2. The van der Waals surface area contributed by atoms with Gasteiger partial charge in [-0.05, 0) is 17.2 Å². The molecule has 1 aromatic carbocycles. The lowest BCUT2D eigenvalue weighted by Gasteiger charge is -2.00. The molecule has 1 atom stereocenters. The molecule has 2 N–H and O–H groups in total. The number of nitrogens with zero attached hydrogens (tertiary/aromatic N) is 1. The van der Waals surface area contributed by atoms with Gasteiger partial charge in [-0.2, -0.15) is 5.10 Å². The van der Waals surface area contributed by atoms with E-state index >= 15 is 0 Å². The maximum atomic E-state index is 10.6. The van der Waals surface area contributed by atoms with Gasteiger partial charge in [0, 0.05) is 6.20 Å². The minimum absolute atomic E-state index is 0.170. The molecule has 0 saturated heterocycles. The lowest BCUT2D eigenvalue weighted by molar-refractivity contribution is 0.563. The SMILES string of the molecule is O=S(O)Cc1ccc(-c2ccn[nH]2)cc1. The Morgan fingerprint density at radius 1 is 1.27 bits per heavy atom. The molecule has 0 aliphatic carbocycles.